The van der Waals surface area contributed by atoms with Crippen molar-refractivity contribution in [1.29, 1.82) is 0 Å². The van der Waals surface area contributed by atoms with E-state index in [1.807, 2.05) is 45.0 Å². The molecule has 2 aromatic heterocycles. The molecule has 3 aromatic rings. The fraction of sp³-hybridized carbons (Fsp3) is 0.350. The summed E-state index contributed by atoms with van der Waals surface area (Å²) < 4.78 is 0. The summed E-state index contributed by atoms with van der Waals surface area (Å²) in [5.41, 5.74) is 4.91. The Balaban J connectivity index is 1.89. The van der Waals surface area contributed by atoms with Gasteiger partial charge in [0.1, 0.15) is 17.8 Å². The lowest BCUT2D eigenvalue weighted by Gasteiger charge is -2.23. The Morgan fingerprint density at radius 2 is 2.04 bits per heavy atom. The van der Waals surface area contributed by atoms with Crippen LogP contribution >= 0.6 is 0 Å². The first-order valence-corrected chi connectivity index (χ1v) is 9.23. The minimum Gasteiger partial charge on any atom is -0.364 e. The standard InChI is InChI=1S/C20H22N6O2/c1-20(2,3)26-18-16(10-22-28)24-14-6-4-5-11(17(14)25-18)15-9-12-13(23-15)7-8-21-19(12)27/h4-6,9,23H,7-8,10H2,1-3H3,(H,21,27)(H,25,26). The number of hydrogen-bond donors (Lipinski definition) is 3. The number of anilines is 1. The molecular formula is C20H22N6O2. The quantitative estimate of drug-likeness (QED) is 0.603. The molecule has 3 N–H and O–H groups in total. The van der Waals surface area contributed by atoms with Crippen LogP contribution < -0.4 is 10.6 Å². The van der Waals surface area contributed by atoms with E-state index in [9.17, 15) is 9.70 Å². The SMILES string of the molecule is CC(C)(C)Nc1nc2c(-c3cc4c([nH]3)CCNC4=O)cccc2nc1CN=O. The van der Waals surface area contributed by atoms with Crippen LogP contribution in [0.5, 0.6) is 0 Å². The largest absolute Gasteiger partial charge is 0.364 e. The number of carbonyl (C=O) groups excluding carboxylic acids is 1. The fourth-order valence-electron chi connectivity index (χ4n) is 3.40. The first-order chi connectivity index (χ1) is 13.4. The van der Waals surface area contributed by atoms with E-state index in [-0.39, 0.29) is 18.0 Å². The molecule has 28 heavy (non-hydrogen) atoms. The number of nitrogens with one attached hydrogen (secondary N) is 3. The van der Waals surface area contributed by atoms with Gasteiger partial charge in [-0.15, -0.1) is 0 Å². The first-order valence-electron chi connectivity index (χ1n) is 9.23. The third-order valence-electron chi connectivity index (χ3n) is 4.57. The molecule has 8 nitrogen and oxygen atoms in total. The molecule has 0 saturated heterocycles. The highest BCUT2D eigenvalue weighted by Crippen LogP contribution is 2.31. The Labute approximate surface area is 162 Å². The van der Waals surface area contributed by atoms with E-state index < -0.39 is 0 Å². The summed E-state index contributed by atoms with van der Waals surface area (Å²) in [5.74, 6) is 0.477. The van der Waals surface area contributed by atoms with Crippen molar-refractivity contribution in [2.24, 2.45) is 5.18 Å². The van der Waals surface area contributed by atoms with Crippen molar-refractivity contribution in [3.63, 3.8) is 0 Å². The predicted molar refractivity (Wildman–Crippen MR) is 108 cm³/mol. The number of para-hydroxylation sites is 1. The van der Waals surface area contributed by atoms with E-state index in [4.69, 9.17) is 4.98 Å². The number of carbonyl (C=O) groups is 1. The normalized spacial score (nSPS) is 13.9. The molecule has 1 aliphatic heterocycles. The van der Waals surface area contributed by atoms with Crippen LogP contribution in [0.15, 0.2) is 29.4 Å². The van der Waals surface area contributed by atoms with Gasteiger partial charge in [-0.3, -0.25) is 4.79 Å². The van der Waals surface area contributed by atoms with Crippen LogP contribution in [-0.4, -0.2) is 32.9 Å². The van der Waals surface area contributed by atoms with Gasteiger partial charge in [0.15, 0.2) is 5.82 Å². The van der Waals surface area contributed by atoms with Crippen molar-refractivity contribution in [3.05, 3.63) is 46.1 Å². The highest BCUT2D eigenvalue weighted by molar-refractivity contribution is 5.99. The lowest BCUT2D eigenvalue weighted by atomic mass is 10.1. The van der Waals surface area contributed by atoms with Gasteiger partial charge in [0, 0.05) is 35.5 Å². The summed E-state index contributed by atoms with van der Waals surface area (Å²) >= 11 is 0. The molecular weight excluding hydrogens is 356 g/mol. The van der Waals surface area contributed by atoms with E-state index in [2.05, 4.69) is 25.8 Å². The Kier molecular flexibility index (Phi) is 4.33. The van der Waals surface area contributed by atoms with Crippen molar-refractivity contribution in [2.75, 3.05) is 11.9 Å². The molecule has 1 aliphatic rings. The summed E-state index contributed by atoms with van der Waals surface area (Å²) in [6, 6.07) is 7.56. The van der Waals surface area contributed by atoms with Crippen molar-refractivity contribution in [2.45, 2.75) is 39.3 Å². The lowest BCUT2D eigenvalue weighted by Crippen LogP contribution is -2.31. The highest BCUT2D eigenvalue weighted by Gasteiger charge is 2.22. The summed E-state index contributed by atoms with van der Waals surface area (Å²) in [5, 5.41) is 9.17. The smallest absolute Gasteiger partial charge is 0.253 e. The van der Waals surface area contributed by atoms with Crippen molar-refractivity contribution >= 4 is 22.8 Å². The first kappa shape index (κ1) is 18.1. The van der Waals surface area contributed by atoms with Gasteiger partial charge in [-0.25, -0.2) is 9.97 Å². The number of amides is 1. The van der Waals surface area contributed by atoms with Crippen LogP contribution in [0.4, 0.5) is 5.82 Å². The molecule has 0 atom stereocenters. The molecule has 0 spiro atoms. The van der Waals surface area contributed by atoms with E-state index in [1.54, 1.807) is 0 Å². The van der Waals surface area contributed by atoms with E-state index in [0.29, 0.717) is 34.7 Å². The molecule has 1 amide bonds. The summed E-state index contributed by atoms with van der Waals surface area (Å²) in [6.45, 7) is 6.62. The zero-order chi connectivity index (χ0) is 19.9. The summed E-state index contributed by atoms with van der Waals surface area (Å²) in [7, 11) is 0. The molecule has 0 fully saturated rings. The number of fused-ring (bicyclic) bond motifs is 2. The number of H-pyrrole nitrogens is 1. The van der Waals surface area contributed by atoms with Crippen LogP contribution in [0.1, 0.15) is 42.5 Å². The zero-order valence-corrected chi connectivity index (χ0v) is 16.1. The minimum atomic E-state index is -0.251. The van der Waals surface area contributed by atoms with Crippen LogP contribution in [0, 0.1) is 4.91 Å². The number of aromatic nitrogens is 3. The third-order valence-corrected chi connectivity index (χ3v) is 4.57. The molecule has 0 unspecified atom stereocenters. The average Bonchev–Trinajstić information content (AvgIpc) is 3.06. The Hall–Kier alpha value is -3.29. The van der Waals surface area contributed by atoms with E-state index in [1.165, 1.54) is 0 Å². The fourth-order valence-corrected chi connectivity index (χ4v) is 3.40. The number of benzene rings is 1. The number of rotatable bonds is 4. The number of nitroso groups, excluding NO2 is 1. The minimum absolute atomic E-state index is 0.0530. The predicted octanol–water partition coefficient (Wildman–Crippen LogP) is 3.39. The molecule has 0 aliphatic carbocycles. The Bertz CT molecular complexity index is 1080. The van der Waals surface area contributed by atoms with Gasteiger partial charge in [0.25, 0.3) is 5.91 Å². The molecule has 3 heterocycles. The van der Waals surface area contributed by atoms with Gasteiger partial charge >= 0.3 is 0 Å². The summed E-state index contributed by atoms with van der Waals surface area (Å²) in [4.78, 5) is 35.8. The van der Waals surface area contributed by atoms with E-state index >= 15 is 0 Å². The molecule has 8 heteroatoms. The number of hydrogen-bond acceptors (Lipinski definition) is 6. The molecule has 0 bridgehead atoms. The van der Waals surface area contributed by atoms with Crippen LogP contribution in [0.2, 0.25) is 0 Å². The van der Waals surface area contributed by atoms with Crippen molar-refractivity contribution < 1.29 is 4.79 Å². The second kappa shape index (κ2) is 6.70. The second-order valence-corrected chi connectivity index (χ2v) is 7.94. The van der Waals surface area contributed by atoms with Gasteiger partial charge in [0.05, 0.1) is 11.1 Å². The van der Waals surface area contributed by atoms with Gasteiger partial charge in [-0.1, -0.05) is 17.3 Å². The van der Waals surface area contributed by atoms with Crippen LogP contribution in [0.25, 0.3) is 22.3 Å². The van der Waals surface area contributed by atoms with Crippen molar-refractivity contribution in [3.8, 4) is 11.3 Å². The second-order valence-electron chi connectivity index (χ2n) is 7.94. The van der Waals surface area contributed by atoms with Gasteiger partial charge in [0.2, 0.25) is 0 Å². The zero-order valence-electron chi connectivity index (χ0n) is 16.1. The average molecular weight is 378 g/mol. The Morgan fingerprint density at radius 1 is 1.21 bits per heavy atom. The molecule has 0 radical (unpaired) electrons. The maximum Gasteiger partial charge on any atom is 0.253 e. The van der Waals surface area contributed by atoms with Crippen molar-refractivity contribution in [1.82, 2.24) is 20.3 Å². The number of aromatic amines is 1. The third kappa shape index (κ3) is 3.33. The maximum atomic E-state index is 12.1. The molecule has 144 valence electrons. The highest BCUT2D eigenvalue weighted by atomic mass is 16.3. The number of nitrogens with zero attached hydrogens (tertiary/aromatic N) is 3. The molecule has 0 saturated carbocycles. The van der Waals surface area contributed by atoms with E-state index in [0.717, 1.165) is 23.4 Å². The topological polar surface area (TPSA) is 112 Å². The molecule has 1 aromatic carbocycles. The summed E-state index contributed by atoms with van der Waals surface area (Å²) in [6.07, 6.45) is 0.767. The van der Waals surface area contributed by atoms with Gasteiger partial charge in [-0.05, 0) is 32.9 Å². The van der Waals surface area contributed by atoms with Gasteiger partial charge in [-0.2, -0.15) is 4.91 Å². The maximum absolute atomic E-state index is 12.1. The van der Waals surface area contributed by atoms with Gasteiger partial charge < -0.3 is 15.6 Å². The Morgan fingerprint density at radius 3 is 2.75 bits per heavy atom. The lowest BCUT2D eigenvalue weighted by molar-refractivity contribution is 0.0946. The molecule has 4 rings (SSSR count). The monoisotopic (exact) mass is 378 g/mol. The van der Waals surface area contributed by atoms with Crippen LogP contribution in [-0.2, 0) is 13.0 Å². The van der Waals surface area contributed by atoms with Crippen LogP contribution in [0.3, 0.4) is 0 Å².